The average Bonchev–Trinajstić information content (AvgIpc) is 2.39. The van der Waals surface area contributed by atoms with Crippen LogP contribution < -0.4 is 15.8 Å². The molecule has 4 N–H and O–H groups in total. The van der Waals surface area contributed by atoms with Crippen LogP contribution in [0.2, 0.25) is 0 Å². The highest BCUT2D eigenvalue weighted by atomic mass is 32.2. The van der Waals surface area contributed by atoms with Crippen LogP contribution in [0, 0.1) is 12.7 Å². The summed E-state index contributed by atoms with van der Waals surface area (Å²) < 4.78 is 40.4. The van der Waals surface area contributed by atoms with Crippen molar-refractivity contribution < 1.29 is 17.6 Å². The first-order valence-electron chi connectivity index (χ1n) is 6.54. The van der Waals surface area contributed by atoms with E-state index in [-0.39, 0.29) is 11.3 Å². The van der Waals surface area contributed by atoms with Crippen LogP contribution in [-0.2, 0) is 14.8 Å². The standard InChI is InChI=1S/C13H20FN3O3S/c1-4-5-16-13(18)9(3)17-21(19,20)11-7-10(15)6-8(2)12(11)14/h6-7,9,17H,4-5,15H2,1-3H3,(H,16,18). The second kappa shape index (κ2) is 6.86. The Hall–Kier alpha value is -1.67. The number of carbonyl (C=O) groups excluding carboxylic acids is 1. The Labute approximate surface area is 124 Å². The molecule has 0 aliphatic heterocycles. The first-order valence-corrected chi connectivity index (χ1v) is 8.03. The molecule has 21 heavy (non-hydrogen) atoms. The predicted octanol–water partition coefficient (Wildman–Crippen LogP) is 0.909. The Bertz CT molecular complexity index is 632. The Balaban J connectivity index is 3.00. The number of nitrogen functional groups attached to an aromatic ring is 1. The topological polar surface area (TPSA) is 101 Å². The summed E-state index contributed by atoms with van der Waals surface area (Å²) in [4.78, 5) is 11.1. The lowest BCUT2D eigenvalue weighted by Crippen LogP contribution is -2.45. The van der Waals surface area contributed by atoms with Gasteiger partial charge in [-0.1, -0.05) is 6.92 Å². The molecule has 1 unspecified atom stereocenters. The summed E-state index contributed by atoms with van der Waals surface area (Å²) >= 11 is 0. The Morgan fingerprint density at radius 1 is 1.43 bits per heavy atom. The maximum atomic E-state index is 14.0. The quantitative estimate of drug-likeness (QED) is 0.679. The van der Waals surface area contributed by atoms with Crippen molar-refractivity contribution in [1.82, 2.24) is 10.0 Å². The normalized spacial score (nSPS) is 13.0. The molecule has 1 aromatic carbocycles. The predicted molar refractivity (Wildman–Crippen MR) is 78.6 cm³/mol. The molecule has 0 fully saturated rings. The van der Waals surface area contributed by atoms with E-state index >= 15 is 0 Å². The zero-order valence-electron chi connectivity index (χ0n) is 12.2. The number of benzene rings is 1. The van der Waals surface area contributed by atoms with Gasteiger partial charge in [-0.05, 0) is 38.0 Å². The zero-order chi connectivity index (χ0) is 16.2. The fourth-order valence-electron chi connectivity index (χ4n) is 1.71. The minimum absolute atomic E-state index is 0.124. The van der Waals surface area contributed by atoms with Crippen molar-refractivity contribution in [3.8, 4) is 0 Å². The van der Waals surface area contributed by atoms with E-state index in [4.69, 9.17) is 5.73 Å². The van der Waals surface area contributed by atoms with Gasteiger partial charge in [0, 0.05) is 12.2 Å². The first-order chi connectivity index (χ1) is 9.69. The maximum Gasteiger partial charge on any atom is 0.244 e. The molecule has 0 aliphatic carbocycles. The Morgan fingerprint density at radius 3 is 2.62 bits per heavy atom. The summed E-state index contributed by atoms with van der Waals surface area (Å²) in [5.74, 6) is -1.35. The molecule has 8 heteroatoms. The number of halogens is 1. The van der Waals surface area contributed by atoms with Crippen molar-refractivity contribution >= 4 is 21.6 Å². The van der Waals surface area contributed by atoms with Crippen LogP contribution in [0.25, 0.3) is 0 Å². The lowest BCUT2D eigenvalue weighted by molar-refractivity contribution is -0.122. The van der Waals surface area contributed by atoms with E-state index in [0.29, 0.717) is 6.54 Å². The average molecular weight is 317 g/mol. The maximum absolute atomic E-state index is 14.0. The Morgan fingerprint density at radius 2 is 2.05 bits per heavy atom. The first kappa shape index (κ1) is 17.4. The minimum atomic E-state index is -4.17. The van der Waals surface area contributed by atoms with Crippen LogP contribution in [0.5, 0.6) is 0 Å². The monoisotopic (exact) mass is 317 g/mol. The molecule has 118 valence electrons. The van der Waals surface area contributed by atoms with Crippen molar-refractivity contribution in [3.05, 3.63) is 23.5 Å². The van der Waals surface area contributed by atoms with Gasteiger partial charge in [-0.25, -0.2) is 12.8 Å². The fraction of sp³-hybridized carbons (Fsp3) is 0.462. The summed E-state index contributed by atoms with van der Waals surface area (Å²) in [7, 11) is -4.17. The number of rotatable bonds is 6. The van der Waals surface area contributed by atoms with E-state index in [2.05, 4.69) is 10.0 Å². The van der Waals surface area contributed by atoms with Crippen molar-refractivity contribution in [2.24, 2.45) is 0 Å². The molecule has 1 atom stereocenters. The third-order valence-corrected chi connectivity index (χ3v) is 4.35. The van der Waals surface area contributed by atoms with Gasteiger partial charge < -0.3 is 11.1 Å². The van der Waals surface area contributed by atoms with E-state index < -0.39 is 32.7 Å². The van der Waals surface area contributed by atoms with Gasteiger partial charge in [0.1, 0.15) is 10.7 Å². The van der Waals surface area contributed by atoms with Crippen LogP contribution in [-0.4, -0.2) is 26.9 Å². The van der Waals surface area contributed by atoms with E-state index in [0.717, 1.165) is 12.5 Å². The number of aryl methyl sites for hydroxylation is 1. The van der Waals surface area contributed by atoms with Gasteiger partial charge >= 0.3 is 0 Å². The van der Waals surface area contributed by atoms with Gasteiger partial charge in [0.25, 0.3) is 0 Å². The van der Waals surface area contributed by atoms with E-state index in [1.807, 2.05) is 6.92 Å². The third kappa shape index (κ3) is 4.40. The van der Waals surface area contributed by atoms with Gasteiger partial charge in [-0.3, -0.25) is 4.79 Å². The lowest BCUT2D eigenvalue weighted by Gasteiger charge is -2.15. The summed E-state index contributed by atoms with van der Waals surface area (Å²) in [5.41, 5.74) is 5.80. The number of hydrogen-bond acceptors (Lipinski definition) is 4. The molecular weight excluding hydrogens is 297 g/mol. The number of hydrogen-bond donors (Lipinski definition) is 3. The smallest absolute Gasteiger partial charge is 0.244 e. The van der Waals surface area contributed by atoms with E-state index in [9.17, 15) is 17.6 Å². The largest absolute Gasteiger partial charge is 0.399 e. The van der Waals surface area contributed by atoms with Crippen LogP contribution in [0.15, 0.2) is 17.0 Å². The SMILES string of the molecule is CCCNC(=O)C(C)NS(=O)(=O)c1cc(N)cc(C)c1F. The van der Waals surface area contributed by atoms with Crippen molar-refractivity contribution in [1.29, 1.82) is 0 Å². The number of nitrogens with one attached hydrogen (secondary N) is 2. The molecule has 0 saturated carbocycles. The fourth-order valence-corrected chi connectivity index (χ4v) is 3.10. The highest BCUT2D eigenvalue weighted by Crippen LogP contribution is 2.21. The lowest BCUT2D eigenvalue weighted by atomic mass is 10.2. The summed E-state index contributed by atoms with van der Waals surface area (Å²) in [6.07, 6.45) is 0.730. The number of amides is 1. The minimum Gasteiger partial charge on any atom is -0.399 e. The number of sulfonamides is 1. The van der Waals surface area contributed by atoms with Crippen LogP contribution in [0.3, 0.4) is 0 Å². The highest BCUT2D eigenvalue weighted by molar-refractivity contribution is 7.89. The molecule has 0 bridgehead atoms. The molecule has 0 aromatic heterocycles. The van der Waals surface area contributed by atoms with Gasteiger partial charge in [0.15, 0.2) is 0 Å². The molecule has 1 amide bonds. The molecule has 1 aromatic rings. The second-order valence-electron chi connectivity index (χ2n) is 4.78. The molecule has 0 radical (unpaired) electrons. The summed E-state index contributed by atoms with van der Waals surface area (Å²) in [6.45, 7) is 5.12. The molecular formula is C13H20FN3O3S. The highest BCUT2D eigenvalue weighted by Gasteiger charge is 2.25. The van der Waals surface area contributed by atoms with E-state index in [1.165, 1.54) is 19.9 Å². The zero-order valence-corrected chi connectivity index (χ0v) is 13.1. The van der Waals surface area contributed by atoms with Crippen LogP contribution >= 0.6 is 0 Å². The molecule has 6 nitrogen and oxygen atoms in total. The molecule has 0 spiro atoms. The number of carbonyl (C=O) groups is 1. The van der Waals surface area contributed by atoms with Crippen LogP contribution in [0.4, 0.5) is 10.1 Å². The van der Waals surface area contributed by atoms with Gasteiger partial charge in [0.2, 0.25) is 15.9 Å². The Kier molecular flexibility index (Phi) is 5.68. The summed E-state index contributed by atoms with van der Waals surface area (Å²) in [6, 6.07) is 1.36. The van der Waals surface area contributed by atoms with Crippen molar-refractivity contribution in [2.75, 3.05) is 12.3 Å². The van der Waals surface area contributed by atoms with E-state index in [1.54, 1.807) is 0 Å². The molecule has 0 heterocycles. The number of nitrogens with two attached hydrogens (primary N) is 1. The van der Waals surface area contributed by atoms with Crippen LogP contribution in [0.1, 0.15) is 25.8 Å². The number of anilines is 1. The molecule has 0 aliphatic rings. The second-order valence-corrected chi connectivity index (χ2v) is 6.47. The molecule has 0 saturated heterocycles. The van der Waals surface area contributed by atoms with Gasteiger partial charge in [0.05, 0.1) is 6.04 Å². The van der Waals surface area contributed by atoms with Crippen molar-refractivity contribution in [2.45, 2.75) is 38.1 Å². The summed E-state index contributed by atoms with van der Waals surface area (Å²) in [5, 5.41) is 2.56. The van der Waals surface area contributed by atoms with Gasteiger partial charge in [-0.2, -0.15) is 4.72 Å². The van der Waals surface area contributed by atoms with Crippen molar-refractivity contribution in [3.63, 3.8) is 0 Å². The van der Waals surface area contributed by atoms with Gasteiger partial charge in [-0.15, -0.1) is 0 Å². The third-order valence-electron chi connectivity index (χ3n) is 2.81. The molecule has 1 rings (SSSR count).